The maximum Gasteiger partial charge on any atom is 0.164 e. The van der Waals surface area contributed by atoms with Gasteiger partial charge in [0.1, 0.15) is 0 Å². The van der Waals surface area contributed by atoms with Crippen LogP contribution < -0.4 is 0 Å². The molecule has 232 valence electrons. The minimum Gasteiger partial charge on any atom is -0.264 e. The number of pyridine rings is 1. The van der Waals surface area contributed by atoms with Gasteiger partial charge < -0.3 is 0 Å². The second-order valence-corrected chi connectivity index (χ2v) is 13.1. The predicted molar refractivity (Wildman–Crippen MR) is 200 cm³/mol. The second kappa shape index (κ2) is 11.5. The van der Waals surface area contributed by atoms with E-state index in [-0.39, 0.29) is 5.41 Å². The van der Waals surface area contributed by atoms with E-state index in [9.17, 15) is 0 Å². The van der Waals surface area contributed by atoms with Crippen molar-refractivity contribution in [1.82, 2.24) is 19.9 Å². The summed E-state index contributed by atoms with van der Waals surface area (Å²) in [5.74, 6) is 1.92. The molecule has 1 aliphatic rings. The van der Waals surface area contributed by atoms with E-state index in [1.54, 1.807) is 6.20 Å². The van der Waals surface area contributed by atoms with Gasteiger partial charge in [0, 0.05) is 34.5 Å². The number of nitrogens with zero attached hydrogens (tertiary/aromatic N) is 4. The number of aromatic nitrogens is 4. The van der Waals surface area contributed by atoms with Crippen LogP contribution in [0.2, 0.25) is 0 Å². The molecule has 8 aromatic rings. The first-order chi connectivity index (χ1) is 24.0. The van der Waals surface area contributed by atoms with Crippen molar-refractivity contribution in [3.63, 3.8) is 0 Å². The molecular formula is C45H32N4. The lowest BCUT2D eigenvalue weighted by Gasteiger charge is -2.21. The van der Waals surface area contributed by atoms with Crippen molar-refractivity contribution in [1.29, 1.82) is 0 Å². The SMILES string of the molecule is CC1(C)c2cccc(-c3cccc(-c4nc(-c5ccccc5)nc(-c5ccc(-c6cccnc6)cc5)n4)c3)c2-c2c1ccc1ccccc21. The summed E-state index contributed by atoms with van der Waals surface area (Å²) in [7, 11) is 0. The smallest absolute Gasteiger partial charge is 0.164 e. The molecule has 0 spiro atoms. The van der Waals surface area contributed by atoms with Crippen molar-refractivity contribution >= 4 is 10.8 Å². The van der Waals surface area contributed by atoms with E-state index in [0.29, 0.717) is 17.5 Å². The summed E-state index contributed by atoms with van der Waals surface area (Å²) in [6.45, 7) is 4.68. The first kappa shape index (κ1) is 28.9. The highest BCUT2D eigenvalue weighted by molar-refractivity contribution is 6.06. The Morgan fingerprint density at radius 2 is 1.04 bits per heavy atom. The van der Waals surface area contributed by atoms with Gasteiger partial charge in [0.15, 0.2) is 17.5 Å². The average molecular weight is 629 g/mol. The van der Waals surface area contributed by atoms with E-state index >= 15 is 0 Å². The van der Waals surface area contributed by atoms with Gasteiger partial charge in [0.25, 0.3) is 0 Å². The molecule has 4 heteroatoms. The number of hydrogen-bond donors (Lipinski definition) is 0. The van der Waals surface area contributed by atoms with Crippen molar-refractivity contribution in [3.05, 3.63) is 169 Å². The first-order valence-electron chi connectivity index (χ1n) is 16.6. The standard InChI is InChI=1S/C45H32N4/c1-45(2)38-19-9-18-37(41(38)40-36-17-7-6-11-30(36)24-25-39(40)45)33-14-8-15-34(27-33)44-48-42(31-12-4-3-5-13-31)47-43(49-44)32-22-20-29(21-23-32)35-16-10-26-46-28-35/h3-28H,1-2H3. The summed E-state index contributed by atoms with van der Waals surface area (Å²) in [5.41, 5.74) is 12.6. The Hall–Kier alpha value is -6.26. The molecule has 0 unspecified atom stereocenters. The topological polar surface area (TPSA) is 51.6 Å². The zero-order valence-electron chi connectivity index (χ0n) is 27.3. The molecule has 0 saturated heterocycles. The van der Waals surface area contributed by atoms with Gasteiger partial charge in [0.05, 0.1) is 0 Å². The van der Waals surface area contributed by atoms with Crippen LogP contribution in [0.4, 0.5) is 0 Å². The number of benzene rings is 6. The minimum atomic E-state index is -0.109. The Bertz CT molecular complexity index is 2500. The Morgan fingerprint density at radius 3 is 1.82 bits per heavy atom. The van der Waals surface area contributed by atoms with Crippen LogP contribution in [-0.4, -0.2) is 19.9 Å². The highest BCUT2D eigenvalue weighted by Crippen LogP contribution is 2.54. The molecule has 2 aromatic heterocycles. The molecule has 0 aliphatic heterocycles. The van der Waals surface area contributed by atoms with E-state index < -0.39 is 0 Å². The molecule has 4 nitrogen and oxygen atoms in total. The average Bonchev–Trinajstić information content (AvgIpc) is 3.42. The normalized spacial score (nSPS) is 12.9. The third-order valence-corrected chi connectivity index (χ3v) is 9.83. The lowest BCUT2D eigenvalue weighted by Crippen LogP contribution is -2.14. The van der Waals surface area contributed by atoms with Crippen LogP contribution in [-0.2, 0) is 5.41 Å². The molecule has 49 heavy (non-hydrogen) atoms. The van der Waals surface area contributed by atoms with E-state index in [1.807, 2.05) is 42.6 Å². The summed E-state index contributed by atoms with van der Waals surface area (Å²) in [5, 5.41) is 2.55. The fourth-order valence-corrected chi connectivity index (χ4v) is 7.31. The van der Waals surface area contributed by atoms with E-state index in [4.69, 9.17) is 15.0 Å². The summed E-state index contributed by atoms with van der Waals surface area (Å²) in [6.07, 6.45) is 3.66. The Morgan fingerprint density at radius 1 is 0.429 bits per heavy atom. The van der Waals surface area contributed by atoms with Crippen LogP contribution >= 0.6 is 0 Å². The molecule has 6 aromatic carbocycles. The summed E-state index contributed by atoms with van der Waals surface area (Å²) < 4.78 is 0. The molecule has 0 saturated carbocycles. The van der Waals surface area contributed by atoms with Gasteiger partial charge in [0.2, 0.25) is 0 Å². The van der Waals surface area contributed by atoms with Crippen molar-refractivity contribution < 1.29 is 0 Å². The van der Waals surface area contributed by atoms with Gasteiger partial charge in [-0.05, 0) is 67.4 Å². The maximum absolute atomic E-state index is 5.07. The van der Waals surface area contributed by atoms with Gasteiger partial charge in [-0.1, -0.05) is 147 Å². The molecule has 0 amide bonds. The van der Waals surface area contributed by atoms with Gasteiger partial charge in [-0.2, -0.15) is 0 Å². The van der Waals surface area contributed by atoms with Crippen LogP contribution in [0, 0.1) is 0 Å². The van der Waals surface area contributed by atoms with Crippen molar-refractivity contribution in [2.24, 2.45) is 0 Å². The van der Waals surface area contributed by atoms with Crippen LogP contribution in [0.5, 0.6) is 0 Å². The summed E-state index contributed by atoms with van der Waals surface area (Å²) in [6, 6.07) is 51.2. The molecular weight excluding hydrogens is 597 g/mol. The van der Waals surface area contributed by atoms with Crippen molar-refractivity contribution in [2.45, 2.75) is 19.3 Å². The lowest BCUT2D eigenvalue weighted by molar-refractivity contribution is 0.661. The monoisotopic (exact) mass is 628 g/mol. The van der Waals surface area contributed by atoms with Crippen molar-refractivity contribution in [3.8, 4) is 67.5 Å². The Balaban J connectivity index is 1.19. The third kappa shape index (κ3) is 4.92. The summed E-state index contributed by atoms with van der Waals surface area (Å²) in [4.78, 5) is 19.4. The maximum atomic E-state index is 5.07. The van der Waals surface area contributed by atoms with Gasteiger partial charge in [-0.25, -0.2) is 15.0 Å². The molecule has 0 radical (unpaired) electrons. The molecule has 0 fully saturated rings. The zero-order chi connectivity index (χ0) is 33.0. The second-order valence-electron chi connectivity index (χ2n) is 13.1. The number of fused-ring (bicyclic) bond motifs is 5. The quantitative estimate of drug-likeness (QED) is 0.190. The fourth-order valence-electron chi connectivity index (χ4n) is 7.31. The lowest BCUT2D eigenvalue weighted by atomic mass is 9.81. The molecule has 1 aliphatic carbocycles. The van der Waals surface area contributed by atoms with Crippen LogP contribution in [0.3, 0.4) is 0 Å². The number of rotatable bonds is 5. The zero-order valence-corrected chi connectivity index (χ0v) is 27.3. The van der Waals surface area contributed by atoms with Crippen molar-refractivity contribution in [2.75, 3.05) is 0 Å². The Kier molecular flexibility index (Phi) is 6.77. The molecule has 0 atom stereocenters. The molecule has 0 bridgehead atoms. The number of hydrogen-bond acceptors (Lipinski definition) is 4. The fraction of sp³-hybridized carbons (Fsp3) is 0.0667. The largest absolute Gasteiger partial charge is 0.264 e. The van der Waals surface area contributed by atoms with Gasteiger partial charge in [-0.15, -0.1) is 0 Å². The molecule has 9 rings (SSSR count). The van der Waals surface area contributed by atoms with Crippen LogP contribution in [0.25, 0.3) is 78.3 Å². The van der Waals surface area contributed by atoms with Crippen LogP contribution in [0.15, 0.2) is 158 Å². The third-order valence-electron chi connectivity index (χ3n) is 9.83. The van der Waals surface area contributed by atoms with Gasteiger partial charge >= 0.3 is 0 Å². The van der Waals surface area contributed by atoms with Gasteiger partial charge in [-0.3, -0.25) is 4.98 Å². The molecule has 2 heterocycles. The first-order valence-corrected chi connectivity index (χ1v) is 16.6. The summed E-state index contributed by atoms with van der Waals surface area (Å²) >= 11 is 0. The van der Waals surface area contributed by atoms with E-state index in [0.717, 1.165) is 33.4 Å². The minimum absolute atomic E-state index is 0.109. The molecule has 0 N–H and O–H groups in total. The Labute approximate surface area is 285 Å². The van der Waals surface area contributed by atoms with E-state index in [1.165, 1.54) is 38.6 Å². The predicted octanol–water partition coefficient (Wildman–Crippen LogP) is 11.1. The van der Waals surface area contributed by atoms with Crippen LogP contribution in [0.1, 0.15) is 25.0 Å². The van der Waals surface area contributed by atoms with E-state index in [2.05, 4.69) is 128 Å². The highest BCUT2D eigenvalue weighted by atomic mass is 15.0. The highest BCUT2D eigenvalue weighted by Gasteiger charge is 2.37.